The molecule has 7 heteroatoms. The molecule has 3 rings (SSSR count). The lowest BCUT2D eigenvalue weighted by Gasteiger charge is -2.06. The zero-order valence-corrected chi connectivity index (χ0v) is 15.9. The van der Waals surface area contributed by atoms with E-state index in [4.69, 9.17) is 32.7 Å². The molecule has 0 spiro atoms. The Balaban J connectivity index is 1.84. The van der Waals surface area contributed by atoms with Gasteiger partial charge in [0.25, 0.3) is 5.91 Å². The monoisotopic (exact) mass is 395 g/mol. The van der Waals surface area contributed by atoms with Crippen LogP contribution in [0.3, 0.4) is 0 Å². The SMILES string of the molecule is COc1cccc(CNC(=O)c2sc3c(Cl)c(OC)ccc3c2Cl)c1. The highest BCUT2D eigenvalue weighted by atomic mass is 35.5. The number of carbonyl (C=O) groups excluding carboxylic acids is 1. The summed E-state index contributed by atoms with van der Waals surface area (Å²) in [5.74, 6) is 1.05. The van der Waals surface area contributed by atoms with Crippen molar-refractivity contribution in [3.8, 4) is 11.5 Å². The third-order valence-electron chi connectivity index (χ3n) is 3.71. The topological polar surface area (TPSA) is 47.6 Å². The summed E-state index contributed by atoms with van der Waals surface area (Å²) in [6.07, 6.45) is 0. The minimum atomic E-state index is -0.246. The van der Waals surface area contributed by atoms with Crippen LogP contribution in [0, 0.1) is 0 Å². The van der Waals surface area contributed by atoms with Gasteiger partial charge in [0.05, 0.1) is 23.9 Å². The highest BCUT2D eigenvalue weighted by Gasteiger charge is 2.20. The third kappa shape index (κ3) is 3.54. The van der Waals surface area contributed by atoms with E-state index >= 15 is 0 Å². The molecule has 1 amide bonds. The quantitative estimate of drug-likeness (QED) is 0.649. The first-order chi connectivity index (χ1) is 12.0. The molecule has 0 atom stereocenters. The fourth-order valence-corrected chi connectivity index (χ4v) is 4.24. The summed E-state index contributed by atoms with van der Waals surface area (Å²) in [6, 6.07) is 11.0. The molecule has 1 N–H and O–H groups in total. The molecule has 0 radical (unpaired) electrons. The summed E-state index contributed by atoms with van der Waals surface area (Å²) in [5.41, 5.74) is 0.935. The number of nitrogens with one attached hydrogen (secondary N) is 1. The lowest BCUT2D eigenvalue weighted by atomic mass is 10.2. The number of fused-ring (bicyclic) bond motifs is 1. The van der Waals surface area contributed by atoms with E-state index in [1.807, 2.05) is 24.3 Å². The summed E-state index contributed by atoms with van der Waals surface area (Å²) in [5, 5.41) is 4.47. The first-order valence-electron chi connectivity index (χ1n) is 7.40. The van der Waals surface area contributed by atoms with E-state index in [0.29, 0.717) is 27.2 Å². The predicted molar refractivity (Wildman–Crippen MR) is 103 cm³/mol. The Morgan fingerprint density at radius 1 is 1.12 bits per heavy atom. The molecule has 25 heavy (non-hydrogen) atoms. The first kappa shape index (κ1) is 17.9. The average molecular weight is 396 g/mol. The minimum absolute atomic E-state index is 0.246. The fraction of sp³-hybridized carbons (Fsp3) is 0.167. The molecule has 0 aliphatic heterocycles. The summed E-state index contributed by atoms with van der Waals surface area (Å²) < 4.78 is 11.1. The van der Waals surface area contributed by atoms with E-state index in [1.165, 1.54) is 11.3 Å². The molecule has 1 heterocycles. The largest absolute Gasteiger partial charge is 0.497 e. The van der Waals surface area contributed by atoms with Gasteiger partial charge in [-0.3, -0.25) is 4.79 Å². The molecule has 0 unspecified atom stereocenters. The van der Waals surface area contributed by atoms with Crippen molar-refractivity contribution in [3.63, 3.8) is 0 Å². The van der Waals surface area contributed by atoms with Crippen LogP contribution in [0.1, 0.15) is 15.2 Å². The van der Waals surface area contributed by atoms with Crippen LogP contribution in [0.5, 0.6) is 11.5 Å². The van der Waals surface area contributed by atoms with Crippen LogP contribution in [-0.2, 0) is 6.54 Å². The van der Waals surface area contributed by atoms with Crippen LogP contribution >= 0.6 is 34.5 Å². The molecule has 1 aromatic heterocycles. The molecule has 2 aromatic carbocycles. The van der Waals surface area contributed by atoms with Gasteiger partial charge >= 0.3 is 0 Å². The van der Waals surface area contributed by atoms with Crippen LogP contribution in [0.15, 0.2) is 36.4 Å². The van der Waals surface area contributed by atoms with Gasteiger partial charge in [0.15, 0.2) is 0 Å². The minimum Gasteiger partial charge on any atom is -0.497 e. The van der Waals surface area contributed by atoms with E-state index < -0.39 is 0 Å². The average Bonchev–Trinajstić information content (AvgIpc) is 2.98. The molecule has 0 fully saturated rings. The Labute approximate surface area is 159 Å². The van der Waals surface area contributed by atoms with Crippen molar-refractivity contribution in [1.29, 1.82) is 0 Å². The van der Waals surface area contributed by atoms with E-state index in [-0.39, 0.29) is 5.91 Å². The number of methoxy groups -OCH3 is 2. The highest BCUT2D eigenvalue weighted by Crippen LogP contribution is 2.42. The Bertz CT molecular complexity index is 939. The zero-order valence-electron chi connectivity index (χ0n) is 13.6. The van der Waals surface area contributed by atoms with Crippen molar-refractivity contribution in [2.45, 2.75) is 6.54 Å². The molecule has 3 aromatic rings. The van der Waals surface area contributed by atoms with Gasteiger partial charge in [-0.2, -0.15) is 0 Å². The van der Waals surface area contributed by atoms with Crippen molar-refractivity contribution in [2.75, 3.05) is 14.2 Å². The number of carbonyl (C=O) groups is 1. The molecular formula is C18H15Cl2NO3S. The molecule has 4 nitrogen and oxygen atoms in total. The second-order valence-electron chi connectivity index (χ2n) is 5.24. The number of rotatable bonds is 5. The van der Waals surface area contributed by atoms with Gasteiger partial charge in [-0.15, -0.1) is 11.3 Å². The number of ether oxygens (including phenoxy) is 2. The van der Waals surface area contributed by atoms with E-state index in [9.17, 15) is 4.79 Å². The number of hydrogen-bond acceptors (Lipinski definition) is 4. The second kappa shape index (κ2) is 7.52. The second-order valence-corrected chi connectivity index (χ2v) is 7.01. The van der Waals surface area contributed by atoms with Gasteiger partial charge in [-0.05, 0) is 29.8 Å². The molecule has 130 valence electrons. The zero-order chi connectivity index (χ0) is 18.0. The maximum absolute atomic E-state index is 12.5. The van der Waals surface area contributed by atoms with E-state index in [1.54, 1.807) is 26.4 Å². The molecule has 0 bridgehead atoms. The Morgan fingerprint density at radius 3 is 2.64 bits per heavy atom. The number of hydrogen-bond donors (Lipinski definition) is 1. The lowest BCUT2D eigenvalue weighted by molar-refractivity contribution is 0.0955. The van der Waals surface area contributed by atoms with Crippen LogP contribution in [0.25, 0.3) is 10.1 Å². The number of halogens is 2. The molecule has 0 aliphatic carbocycles. The molecule has 0 saturated carbocycles. The molecule has 0 aliphatic rings. The normalized spacial score (nSPS) is 10.7. The van der Waals surface area contributed by atoms with Gasteiger partial charge in [-0.25, -0.2) is 0 Å². The highest BCUT2D eigenvalue weighted by molar-refractivity contribution is 7.22. The van der Waals surface area contributed by atoms with Crippen LogP contribution in [0.2, 0.25) is 10.0 Å². The van der Waals surface area contributed by atoms with Crippen molar-refractivity contribution in [3.05, 3.63) is 56.9 Å². The van der Waals surface area contributed by atoms with Gasteiger partial charge in [-0.1, -0.05) is 35.3 Å². The Hall–Kier alpha value is -1.95. The van der Waals surface area contributed by atoms with E-state index in [2.05, 4.69) is 5.32 Å². The summed E-state index contributed by atoms with van der Waals surface area (Å²) in [6.45, 7) is 0.373. The maximum Gasteiger partial charge on any atom is 0.263 e. The maximum atomic E-state index is 12.5. The summed E-state index contributed by atoms with van der Waals surface area (Å²) in [7, 11) is 3.15. The van der Waals surface area contributed by atoms with Crippen molar-refractivity contribution >= 4 is 50.5 Å². The van der Waals surface area contributed by atoms with Crippen molar-refractivity contribution in [1.82, 2.24) is 5.32 Å². The van der Waals surface area contributed by atoms with Crippen molar-refractivity contribution in [2.24, 2.45) is 0 Å². The Kier molecular flexibility index (Phi) is 5.37. The number of benzene rings is 2. The third-order valence-corrected chi connectivity index (χ3v) is 5.93. The summed E-state index contributed by atoms with van der Waals surface area (Å²) in [4.78, 5) is 13.0. The molecule has 0 saturated heterocycles. The van der Waals surface area contributed by atoms with Gasteiger partial charge in [0, 0.05) is 11.9 Å². The Morgan fingerprint density at radius 2 is 1.92 bits per heavy atom. The number of amides is 1. The van der Waals surface area contributed by atoms with Crippen molar-refractivity contribution < 1.29 is 14.3 Å². The fourth-order valence-electron chi connectivity index (χ4n) is 2.43. The van der Waals surface area contributed by atoms with Crippen LogP contribution in [-0.4, -0.2) is 20.1 Å². The smallest absolute Gasteiger partial charge is 0.263 e. The summed E-state index contributed by atoms with van der Waals surface area (Å²) >= 11 is 13.9. The molecular weight excluding hydrogens is 381 g/mol. The van der Waals surface area contributed by atoms with Gasteiger partial charge in [0.1, 0.15) is 21.4 Å². The lowest BCUT2D eigenvalue weighted by Crippen LogP contribution is -2.22. The van der Waals surface area contributed by atoms with Gasteiger partial charge in [0.2, 0.25) is 0 Å². The predicted octanol–water partition coefficient (Wildman–Crippen LogP) is 5.16. The van der Waals surface area contributed by atoms with Crippen LogP contribution in [0.4, 0.5) is 0 Å². The van der Waals surface area contributed by atoms with E-state index in [0.717, 1.165) is 21.4 Å². The standard InChI is InChI=1S/C18H15Cl2NO3S/c1-23-11-5-3-4-10(8-11)9-21-18(22)17-14(19)12-6-7-13(24-2)15(20)16(12)25-17/h3-8H,9H2,1-2H3,(H,21,22). The first-order valence-corrected chi connectivity index (χ1v) is 8.98. The van der Waals surface area contributed by atoms with Crippen LogP contribution < -0.4 is 14.8 Å². The number of thiophene rings is 1. The van der Waals surface area contributed by atoms with Gasteiger partial charge < -0.3 is 14.8 Å².